The molecule has 1 atom stereocenters. The van der Waals surface area contributed by atoms with E-state index in [4.69, 9.17) is 0 Å². The molecule has 0 fully saturated rings. The van der Waals surface area contributed by atoms with E-state index in [1.807, 2.05) is 6.34 Å². The summed E-state index contributed by atoms with van der Waals surface area (Å²) in [6.07, 6.45) is 6.18. The third kappa shape index (κ3) is 2.89. The summed E-state index contributed by atoms with van der Waals surface area (Å²) in [4.78, 5) is 2.39. The molecule has 0 bridgehead atoms. The third-order valence-electron chi connectivity index (χ3n) is 3.06. The normalized spacial score (nSPS) is 21.3. The molecule has 0 saturated carbocycles. The third-order valence-corrected chi connectivity index (χ3v) is 3.06. The van der Waals surface area contributed by atoms with Gasteiger partial charge in [0.2, 0.25) is 0 Å². The van der Waals surface area contributed by atoms with Gasteiger partial charge in [-0.1, -0.05) is 13.3 Å². The maximum absolute atomic E-state index is 4.55. The average molecular weight is 225 g/mol. The van der Waals surface area contributed by atoms with E-state index in [9.17, 15) is 0 Å². The summed E-state index contributed by atoms with van der Waals surface area (Å²) in [6, 6.07) is 0.477. The second-order valence-electron chi connectivity index (χ2n) is 5.91. The van der Waals surface area contributed by atoms with Crippen molar-refractivity contribution < 1.29 is 0 Å². The van der Waals surface area contributed by atoms with Crippen molar-refractivity contribution in [3.8, 4) is 0 Å². The van der Waals surface area contributed by atoms with Gasteiger partial charge in [0.15, 0.2) is 0 Å². The van der Waals surface area contributed by atoms with Gasteiger partial charge in [0.25, 0.3) is 0 Å². The van der Waals surface area contributed by atoms with Gasteiger partial charge < -0.3 is 4.90 Å². The molecular formula is C13H27N3. The first-order valence-electron chi connectivity index (χ1n) is 6.48. The van der Waals surface area contributed by atoms with Crippen LogP contribution in [0.25, 0.3) is 0 Å². The Morgan fingerprint density at radius 1 is 1.31 bits per heavy atom. The highest BCUT2D eigenvalue weighted by atomic mass is 15.6. The molecule has 1 rings (SSSR count). The Morgan fingerprint density at radius 2 is 1.94 bits per heavy atom. The van der Waals surface area contributed by atoms with Crippen LogP contribution in [0.2, 0.25) is 0 Å². The second kappa shape index (κ2) is 5.07. The Bertz CT molecular complexity index is 240. The van der Waals surface area contributed by atoms with Gasteiger partial charge in [0.1, 0.15) is 12.5 Å². The number of hydrogen-bond donors (Lipinski definition) is 0. The van der Waals surface area contributed by atoms with E-state index in [1.54, 1.807) is 0 Å². The van der Waals surface area contributed by atoms with Crippen LogP contribution < -0.4 is 0 Å². The van der Waals surface area contributed by atoms with Crippen molar-refractivity contribution in [2.75, 3.05) is 0 Å². The molecule has 16 heavy (non-hydrogen) atoms. The smallest absolute Gasteiger partial charge is 0.119 e. The van der Waals surface area contributed by atoms with Gasteiger partial charge in [-0.25, -0.2) is 0 Å². The van der Waals surface area contributed by atoms with Crippen LogP contribution in [0.3, 0.4) is 0 Å². The quantitative estimate of drug-likeness (QED) is 0.731. The van der Waals surface area contributed by atoms with Crippen molar-refractivity contribution in [1.29, 1.82) is 0 Å². The van der Waals surface area contributed by atoms with Gasteiger partial charge in [-0.15, -0.1) is 0 Å². The van der Waals surface area contributed by atoms with Crippen molar-refractivity contribution in [3.05, 3.63) is 0 Å². The molecule has 0 aromatic carbocycles. The van der Waals surface area contributed by atoms with Crippen LogP contribution in [0, 0.1) is 0 Å². The van der Waals surface area contributed by atoms with E-state index in [-0.39, 0.29) is 5.54 Å². The van der Waals surface area contributed by atoms with Crippen LogP contribution in [0.4, 0.5) is 0 Å². The molecule has 0 N–H and O–H groups in total. The lowest BCUT2D eigenvalue weighted by atomic mass is 10.0. The molecule has 3 nitrogen and oxygen atoms in total. The lowest BCUT2D eigenvalue weighted by Crippen LogP contribution is -2.50. The van der Waals surface area contributed by atoms with Crippen molar-refractivity contribution in [1.82, 2.24) is 9.91 Å². The zero-order valence-corrected chi connectivity index (χ0v) is 11.7. The molecule has 3 heteroatoms. The fraction of sp³-hybridized carbons (Fsp3) is 0.923. The molecule has 0 aliphatic carbocycles. The molecule has 1 unspecified atom stereocenters. The van der Waals surface area contributed by atoms with E-state index in [0.29, 0.717) is 12.2 Å². The summed E-state index contributed by atoms with van der Waals surface area (Å²) in [6.45, 7) is 13.4. The first kappa shape index (κ1) is 13.3. The van der Waals surface area contributed by atoms with Gasteiger partial charge in [0.05, 0.1) is 0 Å². The van der Waals surface area contributed by atoms with Crippen LogP contribution >= 0.6 is 0 Å². The van der Waals surface area contributed by atoms with Crippen LogP contribution in [0.15, 0.2) is 5.10 Å². The summed E-state index contributed by atoms with van der Waals surface area (Å²) in [5, 5.41) is 6.79. The molecule has 94 valence electrons. The maximum Gasteiger partial charge on any atom is 0.119 e. The molecular weight excluding hydrogens is 198 g/mol. The van der Waals surface area contributed by atoms with Crippen LogP contribution in [0.1, 0.15) is 60.8 Å². The molecule has 1 aliphatic rings. The van der Waals surface area contributed by atoms with E-state index in [2.05, 4.69) is 56.6 Å². The van der Waals surface area contributed by atoms with E-state index in [1.165, 1.54) is 19.3 Å². The summed E-state index contributed by atoms with van der Waals surface area (Å²) in [7, 11) is 0. The minimum Gasteiger partial charge on any atom is -0.335 e. The minimum absolute atomic E-state index is 0.158. The topological polar surface area (TPSA) is 18.8 Å². The summed E-state index contributed by atoms with van der Waals surface area (Å²) < 4.78 is 0. The molecule has 0 aromatic rings. The van der Waals surface area contributed by atoms with E-state index in [0.717, 1.165) is 0 Å². The summed E-state index contributed by atoms with van der Waals surface area (Å²) in [5.74, 6) is 0. The number of hydrazone groups is 1. The molecule has 0 amide bonds. The first-order valence-corrected chi connectivity index (χ1v) is 6.48. The molecule has 0 aromatic heterocycles. The molecule has 1 aliphatic heterocycles. The standard InChI is InChI=1S/C13H27N3/c1-7-8-9-12-15(13(4,5)6)10-14-16(12)11(2)3/h10-12H,7-9H2,1-6H3. The van der Waals surface area contributed by atoms with Crippen LogP contribution in [-0.4, -0.2) is 34.0 Å². The van der Waals surface area contributed by atoms with Crippen molar-refractivity contribution in [2.45, 2.75) is 78.6 Å². The van der Waals surface area contributed by atoms with Gasteiger partial charge >= 0.3 is 0 Å². The number of unbranched alkanes of at least 4 members (excludes halogenated alkanes) is 1. The summed E-state index contributed by atoms with van der Waals surface area (Å²) >= 11 is 0. The Kier molecular flexibility index (Phi) is 4.22. The monoisotopic (exact) mass is 225 g/mol. The SMILES string of the molecule is CCCCC1N(C(C)C)N=CN1C(C)(C)C. The Morgan fingerprint density at radius 3 is 2.38 bits per heavy atom. The number of hydrogen-bond acceptors (Lipinski definition) is 3. The second-order valence-corrected chi connectivity index (χ2v) is 5.91. The van der Waals surface area contributed by atoms with Crippen LogP contribution in [-0.2, 0) is 0 Å². The molecule has 0 spiro atoms. The predicted octanol–water partition coefficient (Wildman–Crippen LogP) is 3.27. The largest absolute Gasteiger partial charge is 0.335 e. The first-order chi connectivity index (χ1) is 7.38. The molecule has 1 heterocycles. The fourth-order valence-electron chi connectivity index (χ4n) is 2.15. The van der Waals surface area contributed by atoms with E-state index < -0.39 is 0 Å². The zero-order chi connectivity index (χ0) is 12.3. The molecule has 0 saturated heterocycles. The maximum atomic E-state index is 4.55. The van der Waals surface area contributed by atoms with Gasteiger partial charge in [-0.2, -0.15) is 5.10 Å². The lowest BCUT2D eigenvalue weighted by molar-refractivity contribution is 0.0472. The highest BCUT2D eigenvalue weighted by molar-refractivity contribution is 5.58. The Labute approximate surface area is 100 Å². The Hall–Kier alpha value is -0.730. The Balaban J connectivity index is 2.75. The lowest BCUT2D eigenvalue weighted by Gasteiger charge is -2.40. The number of rotatable bonds is 4. The fourth-order valence-corrected chi connectivity index (χ4v) is 2.15. The average Bonchev–Trinajstić information content (AvgIpc) is 2.57. The van der Waals surface area contributed by atoms with Gasteiger partial charge in [-0.05, 0) is 47.5 Å². The zero-order valence-electron chi connectivity index (χ0n) is 11.7. The van der Waals surface area contributed by atoms with E-state index >= 15 is 0 Å². The van der Waals surface area contributed by atoms with Crippen LogP contribution in [0.5, 0.6) is 0 Å². The van der Waals surface area contributed by atoms with Crippen molar-refractivity contribution in [2.24, 2.45) is 5.10 Å². The van der Waals surface area contributed by atoms with Crippen molar-refractivity contribution in [3.63, 3.8) is 0 Å². The van der Waals surface area contributed by atoms with Crippen molar-refractivity contribution >= 4 is 6.34 Å². The molecule has 0 radical (unpaired) electrons. The highest BCUT2D eigenvalue weighted by Gasteiger charge is 2.35. The summed E-state index contributed by atoms with van der Waals surface area (Å²) in [5.41, 5.74) is 0.158. The predicted molar refractivity (Wildman–Crippen MR) is 70.4 cm³/mol. The highest BCUT2D eigenvalue weighted by Crippen LogP contribution is 2.27. The van der Waals surface area contributed by atoms with Gasteiger partial charge in [0, 0.05) is 11.6 Å². The van der Waals surface area contributed by atoms with Gasteiger partial charge in [-0.3, -0.25) is 5.01 Å². The number of nitrogens with zero attached hydrogens (tertiary/aromatic N) is 3. The minimum atomic E-state index is 0.158.